The van der Waals surface area contributed by atoms with E-state index in [1.54, 1.807) is 24.0 Å². The fourth-order valence-corrected chi connectivity index (χ4v) is 0.987. The first-order chi connectivity index (χ1) is 6.26. The van der Waals surface area contributed by atoms with Gasteiger partial charge in [0, 0.05) is 6.54 Å². The van der Waals surface area contributed by atoms with Crippen molar-refractivity contribution in [3.63, 3.8) is 0 Å². The summed E-state index contributed by atoms with van der Waals surface area (Å²) in [4.78, 5) is 0. The minimum atomic E-state index is -0.417. The average molecular weight is 179 g/mol. The number of aromatic nitrogens is 2. The third-order valence-electron chi connectivity index (χ3n) is 1.56. The first-order valence-corrected chi connectivity index (χ1v) is 4.35. The molecule has 1 aromatic rings. The quantitative estimate of drug-likeness (QED) is 0.705. The van der Waals surface area contributed by atoms with Gasteiger partial charge in [-0.25, -0.2) is 0 Å². The van der Waals surface area contributed by atoms with Crippen LogP contribution < -0.4 is 4.74 Å². The molecule has 0 radical (unpaired) electrons. The van der Waals surface area contributed by atoms with Gasteiger partial charge in [0.2, 0.25) is 0 Å². The normalized spacial score (nSPS) is 12.1. The van der Waals surface area contributed by atoms with E-state index in [1.165, 1.54) is 0 Å². The van der Waals surface area contributed by atoms with Crippen molar-refractivity contribution in [2.45, 2.75) is 32.9 Å². The molecule has 0 saturated carbocycles. The summed E-state index contributed by atoms with van der Waals surface area (Å²) >= 11 is 0. The van der Waals surface area contributed by atoms with Gasteiger partial charge in [0.1, 0.15) is 6.07 Å². The van der Waals surface area contributed by atoms with Crippen molar-refractivity contribution in [3.8, 4) is 11.8 Å². The largest absolute Gasteiger partial charge is 0.473 e. The molecule has 0 saturated heterocycles. The van der Waals surface area contributed by atoms with Crippen molar-refractivity contribution < 1.29 is 4.74 Å². The van der Waals surface area contributed by atoms with Crippen LogP contribution in [0.5, 0.6) is 5.75 Å². The molecule has 0 bridgehead atoms. The predicted molar refractivity (Wildman–Crippen MR) is 48.2 cm³/mol. The standard InChI is InChI=1S/C9H13N3O/c1-3-4-12-7-9(6-11-12)13-8(2)5-10/h6-8H,3-4H2,1-2H3. The zero-order chi connectivity index (χ0) is 9.68. The van der Waals surface area contributed by atoms with E-state index in [1.807, 2.05) is 6.07 Å². The molecule has 0 spiro atoms. The molecule has 13 heavy (non-hydrogen) atoms. The van der Waals surface area contributed by atoms with E-state index in [0.717, 1.165) is 13.0 Å². The molecule has 0 N–H and O–H groups in total. The minimum Gasteiger partial charge on any atom is -0.473 e. The second-order valence-corrected chi connectivity index (χ2v) is 2.83. The Balaban J connectivity index is 2.54. The second-order valence-electron chi connectivity index (χ2n) is 2.83. The van der Waals surface area contributed by atoms with Gasteiger partial charge in [-0.15, -0.1) is 0 Å². The molecule has 4 nitrogen and oxygen atoms in total. The molecule has 0 aliphatic rings. The van der Waals surface area contributed by atoms with E-state index in [4.69, 9.17) is 10.00 Å². The molecule has 0 aliphatic carbocycles. The van der Waals surface area contributed by atoms with E-state index < -0.39 is 6.10 Å². The smallest absolute Gasteiger partial charge is 0.181 e. The Bertz CT molecular complexity index is 300. The van der Waals surface area contributed by atoms with Crippen LogP contribution in [0.25, 0.3) is 0 Å². The molecule has 1 heterocycles. The van der Waals surface area contributed by atoms with Gasteiger partial charge in [0.05, 0.1) is 12.4 Å². The maximum Gasteiger partial charge on any atom is 0.181 e. The van der Waals surface area contributed by atoms with Gasteiger partial charge in [0.15, 0.2) is 11.9 Å². The monoisotopic (exact) mass is 179 g/mol. The van der Waals surface area contributed by atoms with Gasteiger partial charge < -0.3 is 4.74 Å². The molecule has 0 aliphatic heterocycles. The first-order valence-electron chi connectivity index (χ1n) is 4.35. The van der Waals surface area contributed by atoms with Crippen LogP contribution in [-0.4, -0.2) is 15.9 Å². The number of nitrogens with zero attached hydrogens (tertiary/aromatic N) is 3. The lowest BCUT2D eigenvalue weighted by molar-refractivity contribution is 0.276. The lowest BCUT2D eigenvalue weighted by atomic mass is 10.4. The Hall–Kier alpha value is -1.50. The number of rotatable bonds is 4. The Morgan fingerprint density at radius 3 is 3.15 bits per heavy atom. The summed E-state index contributed by atoms with van der Waals surface area (Å²) in [5, 5.41) is 12.6. The Labute approximate surface area is 77.7 Å². The molecule has 1 aromatic heterocycles. The first kappa shape index (κ1) is 9.59. The van der Waals surface area contributed by atoms with Crippen LogP contribution in [0.4, 0.5) is 0 Å². The lowest BCUT2D eigenvalue weighted by Gasteiger charge is -2.02. The zero-order valence-corrected chi connectivity index (χ0v) is 7.90. The highest BCUT2D eigenvalue weighted by Gasteiger charge is 2.03. The molecule has 0 aromatic carbocycles. The van der Waals surface area contributed by atoms with E-state index in [-0.39, 0.29) is 0 Å². The summed E-state index contributed by atoms with van der Waals surface area (Å²) in [6.45, 7) is 4.67. The third kappa shape index (κ3) is 2.79. The van der Waals surface area contributed by atoms with Crippen LogP contribution >= 0.6 is 0 Å². The lowest BCUT2D eigenvalue weighted by Crippen LogP contribution is -2.07. The molecule has 70 valence electrons. The van der Waals surface area contributed by atoms with E-state index in [9.17, 15) is 0 Å². The molecule has 1 rings (SSSR count). The Morgan fingerprint density at radius 1 is 1.77 bits per heavy atom. The predicted octanol–water partition coefficient (Wildman–Crippen LogP) is 1.58. The number of ether oxygens (including phenoxy) is 1. The van der Waals surface area contributed by atoms with Crippen molar-refractivity contribution in [3.05, 3.63) is 12.4 Å². The number of aryl methyl sites for hydroxylation is 1. The second kappa shape index (κ2) is 4.51. The van der Waals surface area contributed by atoms with Crippen LogP contribution in [0.3, 0.4) is 0 Å². The molecule has 1 atom stereocenters. The Morgan fingerprint density at radius 2 is 2.54 bits per heavy atom. The Kier molecular flexibility index (Phi) is 3.32. The van der Waals surface area contributed by atoms with E-state index >= 15 is 0 Å². The summed E-state index contributed by atoms with van der Waals surface area (Å²) in [7, 11) is 0. The van der Waals surface area contributed by atoms with E-state index in [2.05, 4.69) is 12.0 Å². The molecular weight excluding hydrogens is 166 g/mol. The van der Waals surface area contributed by atoms with Crippen LogP contribution in [0.15, 0.2) is 12.4 Å². The van der Waals surface area contributed by atoms with E-state index in [0.29, 0.717) is 5.75 Å². The SMILES string of the molecule is CCCn1cc(OC(C)C#N)cn1. The molecule has 1 unspecified atom stereocenters. The molecule has 0 fully saturated rings. The highest BCUT2D eigenvalue weighted by molar-refractivity contribution is 5.13. The minimum absolute atomic E-state index is 0.417. The van der Waals surface area contributed by atoms with Gasteiger partial charge >= 0.3 is 0 Å². The number of hydrogen-bond donors (Lipinski definition) is 0. The maximum atomic E-state index is 8.50. The highest BCUT2D eigenvalue weighted by Crippen LogP contribution is 2.10. The zero-order valence-electron chi connectivity index (χ0n) is 7.90. The van der Waals surface area contributed by atoms with Gasteiger partial charge in [-0.1, -0.05) is 6.92 Å². The van der Waals surface area contributed by atoms with Crippen LogP contribution in [0.1, 0.15) is 20.3 Å². The summed E-state index contributed by atoms with van der Waals surface area (Å²) in [5.74, 6) is 0.655. The summed E-state index contributed by atoms with van der Waals surface area (Å²) in [6, 6.07) is 2.00. The van der Waals surface area contributed by atoms with Gasteiger partial charge in [-0.2, -0.15) is 10.4 Å². The topological polar surface area (TPSA) is 50.8 Å². The summed E-state index contributed by atoms with van der Waals surface area (Å²) in [6.07, 6.45) is 4.05. The molecular formula is C9H13N3O. The van der Waals surface area contributed by atoms with Crippen LogP contribution in [0, 0.1) is 11.3 Å². The van der Waals surface area contributed by atoms with Crippen LogP contribution in [0.2, 0.25) is 0 Å². The van der Waals surface area contributed by atoms with Gasteiger partial charge in [-0.3, -0.25) is 4.68 Å². The van der Waals surface area contributed by atoms with Crippen molar-refractivity contribution in [2.75, 3.05) is 0 Å². The average Bonchev–Trinajstić information content (AvgIpc) is 2.53. The van der Waals surface area contributed by atoms with Crippen LogP contribution in [-0.2, 0) is 6.54 Å². The highest BCUT2D eigenvalue weighted by atomic mass is 16.5. The van der Waals surface area contributed by atoms with Crippen molar-refractivity contribution in [1.82, 2.24) is 9.78 Å². The number of nitriles is 1. The van der Waals surface area contributed by atoms with Crippen molar-refractivity contribution in [1.29, 1.82) is 5.26 Å². The van der Waals surface area contributed by atoms with Gasteiger partial charge in [-0.05, 0) is 13.3 Å². The molecule has 0 amide bonds. The fourth-order valence-electron chi connectivity index (χ4n) is 0.987. The molecule has 4 heteroatoms. The maximum absolute atomic E-state index is 8.50. The van der Waals surface area contributed by atoms with Crippen molar-refractivity contribution >= 4 is 0 Å². The summed E-state index contributed by atoms with van der Waals surface area (Å²) < 4.78 is 7.05. The third-order valence-corrected chi connectivity index (χ3v) is 1.56. The number of hydrogen-bond acceptors (Lipinski definition) is 3. The van der Waals surface area contributed by atoms with Crippen molar-refractivity contribution in [2.24, 2.45) is 0 Å². The van der Waals surface area contributed by atoms with Gasteiger partial charge in [0.25, 0.3) is 0 Å². The fraction of sp³-hybridized carbons (Fsp3) is 0.556. The summed E-state index contributed by atoms with van der Waals surface area (Å²) in [5.41, 5.74) is 0.